The average molecular weight is 268 g/mol. The summed E-state index contributed by atoms with van der Waals surface area (Å²) < 4.78 is 25.0. The van der Waals surface area contributed by atoms with Crippen molar-refractivity contribution in [3.8, 4) is 0 Å². The van der Waals surface area contributed by atoms with Gasteiger partial charge in [0.05, 0.1) is 0 Å². The molecule has 0 nitrogen and oxygen atoms in total. The highest BCUT2D eigenvalue weighted by Crippen LogP contribution is 2.22. The van der Waals surface area contributed by atoms with E-state index in [1.165, 1.54) is 12.1 Å². The first-order chi connectivity index (χ1) is 5.11. The molecule has 0 radical (unpaired) electrons. The van der Waals surface area contributed by atoms with Gasteiger partial charge in [-0.3, -0.25) is 0 Å². The van der Waals surface area contributed by atoms with Crippen LogP contribution in [0.3, 0.4) is 0 Å². The van der Waals surface area contributed by atoms with Crippen LogP contribution in [0.5, 0.6) is 0 Å². The SMILES string of the molecule is Cc1ccc(C(F)F)cc1I. The van der Waals surface area contributed by atoms with Gasteiger partial charge in [-0.1, -0.05) is 12.1 Å². The topological polar surface area (TPSA) is 0 Å². The van der Waals surface area contributed by atoms with Crippen molar-refractivity contribution in [3.05, 3.63) is 32.9 Å². The first kappa shape index (κ1) is 8.90. The zero-order valence-corrected chi connectivity index (χ0v) is 8.10. The zero-order chi connectivity index (χ0) is 8.43. The van der Waals surface area contributed by atoms with Crippen molar-refractivity contribution in [2.45, 2.75) is 13.3 Å². The lowest BCUT2D eigenvalue weighted by Crippen LogP contribution is -1.86. The van der Waals surface area contributed by atoms with Gasteiger partial charge in [0.15, 0.2) is 0 Å². The molecule has 0 N–H and O–H groups in total. The molecule has 11 heavy (non-hydrogen) atoms. The van der Waals surface area contributed by atoms with Gasteiger partial charge in [0.1, 0.15) is 0 Å². The summed E-state index contributed by atoms with van der Waals surface area (Å²) in [5.41, 5.74) is 1.13. The summed E-state index contributed by atoms with van der Waals surface area (Å²) in [6.07, 6.45) is -2.36. The quantitative estimate of drug-likeness (QED) is 0.683. The van der Waals surface area contributed by atoms with Gasteiger partial charge < -0.3 is 0 Å². The number of rotatable bonds is 1. The molecule has 0 aromatic heterocycles. The van der Waals surface area contributed by atoms with Crippen LogP contribution < -0.4 is 0 Å². The molecule has 1 rings (SSSR count). The summed E-state index contributed by atoms with van der Waals surface area (Å²) in [4.78, 5) is 0. The van der Waals surface area contributed by atoms with Crippen molar-refractivity contribution in [2.75, 3.05) is 0 Å². The van der Waals surface area contributed by atoms with E-state index in [1.807, 2.05) is 29.5 Å². The van der Waals surface area contributed by atoms with Crippen LogP contribution in [-0.2, 0) is 0 Å². The minimum Gasteiger partial charge on any atom is -0.205 e. The van der Waals surface area contributed by atoms with Gasteiger partial charge in [-0.05, 0) is 41.1 Å². The molecule has 0 spiro atoms. The summed E-state index contributed by atoms with van der Waals surface area (Å²) in [6.45, 7) is 1.90. The number of benzene rings is 1. The number of aryl methyl sites for hydroxylation is 1. The second-order valence-electron chi connectivity index (χ2n) is 2.31. The lowest BCUT2D eigenvalue weighted by Gasteiger charge is -2.01. The zero-order valence-electron chi connectivity index (χ0n) is 5.94. The van der Waals surface area contributed by atoms with E-state index in [0.29, 0.717) is 0 Å². The normalized spacial score (nSPS) is 10.6. The van der Waals surface area contributed by atoms with Gasteiger partial charge in [0, 0.05) is 9.13 Å². The van der Waals surface area contributed by atoms with Crippen LogP contribution in [-0.4, -0.2) is 0 Å². The number of hydrogen-bond donors (Lipinski definition) is 0. The van der Waals surface area contributed by atoms with E-state index < -0.39 is 6.43 Å². The van der Waals surface area contributed by atoms with Gasteiger partial charge in [-0.2, -0.15) is 0 Å². The van der Waals surface area contributed by atoms with Gasteiger partial charge >= 0.3 is 0 Å². The molecule has 0 fully saturated rings. The minimum atomic E-state index is -2.36. The Hall–Kier alpha value is -0.190. The maximum absolute atomic E-state index is 12.1. The Kier molecular flexibility index (Phi) is 2.81. The molecule has 0 heterocycles. The molecule has 60 valence electrons. The molecule has 0 unspecified atom stereocenters. The molecule has 0 amide bonds. The fraction of sp³-hybridized carbons (Fsp3) is 0.250. The summed E-state index contributed by atoms with van der Waals surface area (Å²) in [5.74, 6) is 0. The van der Waals surface area contributed by atoms with Crippen LogP contribution in [0.4, 0.5) is 8.78 Å². The third kappa shape index (κ3) is 2.12. The Morgan fingerprint density at radius 2 is 2.00 bits per heavy atom. The van der Waals surface area contributed by atoms with Gasteiger partial charge in [0.2, 0.25) is 0 Å². The second kappa shape index (κ2) is 3.47. The molecule has 0 bridgehead atoms. The highest BCUT2D eigenvalue weighted by atomic mass is 127. The number of halogens is 3. The van der Waals surface area contributed by atoms with Crippen LogP contribution in [0.25, 0.3) is 0 Å². The van der Waals surface area contributed by atoms with E-state index >= 15 is 0 Å². The van der Waals surface area contributed by atoms with E-state index in [9.17, 15) is 8.78 Å². The number of alkyl halides is 2. The van der Waals surface area contributed by atoms with Crippen LogP contribution in [0.15, 0.2) is 18.2 Å². The van der Waals surface area contributed by atoms with Crippen LogP contribution >= 0.6 is 22.6 Å². The highest BCUT2D eigenvalue weighted by molar-refractivity contribution is 14.1. The molecule has 0 saturated carbocycles. The predicted octanol–water partition coefficient (Wildman–Crippen LogP) is 3.54. The summed E-state index contributed by atoms with van der Waals surface area (Å²) in [5, 5.41) is 0. The first-order valence-electron chi connectivity index (χ1n) is 3.15. The van der Waals surface area contributed by atoms with Gasteiger partial charge in [0.25, 0.3) is 6.43 Å². The van der Waals surface area contributed by atoms with Crippen molar-refractivity contribution in [1.82, 2.24) is 0 Å². The maximum Gasteiger partial charge on any atom is 0.263 e. The van der Waals surface area contributed by atoms with E-state index in [-0.39, 0.29) is 5.56 Å². The van der Waals surface area contributed by atoms with Crippen molar-refractivity contribution >= 4 is 22.6 Å². The minimum absolute atomic E-state index is 0.0972. The smallest absolute Gasteiger partial charge is 0.205 e. The van der Waals surface area contributed by atoms with Crippen LogP contribution in [0, 0.1) is 10.5 Å². The van der Waals surface area contributed by atoms with Crippen LogP contribution in [0.1, 0.15) is 17.6 Å². The third-order valence-corrected chi connectivity index (χ3v) is 2.61. The number of hydrogen-bond acceptors (Lipinski definition) is 0. The molecule has 1 aromatic carbocycles. The van der Waals surface area contributed by atoms with Gasteiger partial charge in [-0.15, -0.1) is 0 Å². The molecular formula is C8H7F2I. The highest BCUT2D eigenvalue weighted by Gasteiger charge is 2.06. The van der Waals surface area contributed by atoms with E-state index in [4.69, 9.17) is 0 Å². The molecule has 0 atom stereocenters. The summed E-state index contributed by atoms with van der Waals surface area (Å²) >= 11 is 2.05. The van der Waals surface area contributed by atoms with Crippen molar-refractivity contribution in [3.63, 3.8) is 0 Å². The van der Waals surface area contributed by atoms with Crippen molar-refractivity contribution in [1.29, 1.82) is 0 Å². The Labute approximate surface area is 77.8 Å². The van der Waals surface area contributed by atoms with Crippen LogP contribution in [0.2, 0.25) is 0 Å². The Morgan fingerprint density at radius 1 is 1.36 bits per heavy atom. The van der Waals surface area contributed by atoms with E-state index in [0.717, 1.165) is 9.13 Å². The average Bonchev–Trinajstić information content (AvgIpc) is 1.94. The second-order valence-corrected chi connectivity index (χ2v) is 3.47. The predicted molar refractivity (Wildman–Crippen MR) is 48.9 cm³/mol. The summed E-state index contributed by atoms with van der Waals surface area (Å²) in [7, 11) is 0. The van der Waals surface area contributed by atoms with E-state index in [1.54, 1.807) is 6.07 Å². The van der Waals surface area contributed by atoms with Crippen molar-refractivity contribution in [2.24, 2.45) is 0 Å². The molecule has 0 aliphatic carbocycles. The Bertz CT molecular complexity index is 258. The first-order valence-corrected chi connectivity index (χ1v) is 4.23. The van der Waals surface area contributed by atoms with E-state index in [2.05, 4.69) is 0 Å². The Balaban J connectivity index is 3.05. The molecule has 1 aromatic rings. The fourth-order valence-corrected chi connectivity index (χ4v) is 1.28. The van der Waals surface area contributed by atoms with Gasteiger partial charge in [-0.25, -0.2) is 8.78 Å². The molecule has 0 aliphatic heterocycles. The largest absolute Gasteiger partial charge is 0.263 e. The molecule has 3 heteroatoms. The lowest BCUT2D eigenvalue weighted by molar-refractivity contribution is 0.151. The molecule has 0 saturated heterocycles. The Morgan fingerprint density at radius 3 is 2.45 bits per heavy atom. The molecule has 0 aliphatic rings. The summed E-state index contributed by atoms with van der Waals surface area (Å²) in [6, 6.07) is 4.69. The molecular weight excluding hydrogens is 261 g/mol. The standard InChI is InChI=1S/C8H7F2I/c1-5-2-3-6(8(9)10)4-7(5)11/h2-4,8H,1H3. The van der Waals surface area contributed by atoms with Crippen molar-refractivity contribution < 1.29 is 8.78 Å². The lowest BCUT2D eigenvalue weighted by atomic mass is 10.2. The third-order valence-electron chi connectivity index (χ3n) is 1.45. The monoisotopic (exact) mass is 268 g/mol. The fourth-order valence-electron chi connectivity index (χ4n) is 0.745. The maximum atomic E-state index is 12.1.